The van der Waals surface area contributed by atoms with Gasteiger partial charge in [0.05, 0.1) is 12.8 Å². The van der Waals surface area contributed by atoms with Crippen LogP contribution in [0.5, 0.6) is 5.88 Å². The van der Waals surface area contributed by atoms with Gasteiger partial charge < -0.3 is 14.7 Å². The predicted octanol–water partition coefficient (Wildman–Crippen LogP) is 2.05. The van der Waals surface area contributed by atoms with Gasteiger partial charge in [-0.15, -0.1) is 0 Å². The molecule has 2 heterocycles. The number of carboxylic acid groups (broad SMARTS) is 1. The van der Waals surface area contributed by atoms with Crippen LogP contribution in [0, 0.1) is 0 Å². The number of anilines is 1. The van der Waals surface area contributed by atoms with Crippen molar-refractivity contribution < 1.29 is 14.6 Å². The average molecular weight is 277 g/mol. The molecule has 0 bridgehead atoms. The van der Waals surface area contributed by atoms with Crippen LogP contribution in [0.2, 0.25) is 0 Å². The lowest BCUT2D eigenvalue weighted by Crippen LogP contribution is -2.31. The fraction of sp³-hybridized carbons (Fsp3) is 0.643. The molecule has 0 radical (unpaired) electrons. The molecule has 1 saturated heterocycles. The van der Waals surface area contributed by atoms with E-state index in [0.717, 1.165) is 50.3 Å². The summed E-state index contributed by atoms with van der Waals surface area (Å²) in [5, 5.41) is 9.23. The molecule has 1 aliphatic carbocycles. The zero-order valence-electron chi connectivity index (χ0n) is 11.6. The Labute approximate surface area is 117 Å². The molecule has 2 fully saturated rings. The molecule has 20 heavy (non-hydrogen) atoms. The summed E-state index contributed by atoms with van der Waals surface area (Å²) < 4.78 is 5.11. The monoisotopic (exact) mass is 277 g/mol. The number of hydrogen-bond acceptors (Lipinski definition) is 5. The average Bonchev–Trinajstić information content (AvgIpc) is 3.31. The maximum atomic E-state index is 11.3. The molecule has 0 spiro atoms. The van der Waals surface area contributed by atoms with E-state index in [1.54, 1.807) is 0 Å². The number of piperidine rings is 1. The Balaban J connectivity index is 2.04. The van der Waals surface area contributed by atoms with Gasteiger partial charge in [-0.25, -0.2) is 9.78 Å². The quantitative estimate of drug-likeness (QED) is 0.907. The van der Waals surface area contributed by atoms with Gasteiger partial charge >= 0.3 is 5.97 Å². The van der Waals surface area contributed by atoms with Gasteiger partial charge in [-0.2, -0.15) is 4.98 Å². The highest BCUT2D eigenvalue weighted by molar-refractivity contribution is 5.88. The van der Waals surface area contributed by atoms with E-state index in [-0.39, 0.29) is 11.6 Å². The van der Waals surface area contributed by atoms with Gasteiger partial charge in [-0.1, -0.05) is 0 Å². The minimum absolute atomic E-state index is 0.0739. The molecule has 108 valence electrons. The molecule has 0 amide bonds. The zero-order chi connectivity index (χ0) is 14.1. The molecule has 1 aromatic rings. The van der Waals surface area contributed by atoms with Crippen molar-refractivity contribution in [2.24, 2.45) is 0 Å². The molecule has 0 aromatic carbocycles. The van der Waals surface area contributed by atoms with Crippen LogP contribution in [0.3, 0.4) is 0 Å². The Morgan fingerprint density at radius 3 is 2.50 bits per heavy atom. The third-order valence-corrected chi connectivity index (χ3v) is 3.89. The Bertz CT molecular complexity index is 523. The summed E-state index contributed by atoms with van der Waals surface area (Å²) >= 11 is 0. The van der Waals surface area contributed by atoms with Crippen molar-refractivity contribution >= 4 is 11.8 Å². The highest BCUT2D eigenvalue weighted by atomic mass is 16.5. The summed E-state index contributed by atoms with van der Waals surface area (Å²) in [6, 6.07) is 0. The van der Waals surface area contributed by atoms with Crippen molar-refractivity contribution in [3.05, 3.63) is 11.4 Å². The van der Waals surface area contributed by atoms with E-state index in [9.17, 15) is 9.90 Å². The summed E-state index contributed by atoms with van der Waals surface area (Å²) in [7, 11) is 1.44. The van der Waals surface area contributed by atoms with E-state index >= 15 is 0 Å². The highest BCUT2D eigenvalue weighted by Crippen LogP contribution is 2.44. The van der Waals surface area contributed by atoms with Crippen molar-refractivity contribution in [1.29, 1.82) is 0 Å². The smallest absolute Gasteiger partial charge is 0.360 e. The summed E-state index contributed by atoms with van der Waals surface area (Å²) in [5.41, 5.74) is 0.764. The first-order chi connectivity index (χ1) is 9.70. The number of aromatic carboxylic acids is 1. The van der Waals surface area contributed by atoms with Crippen LogP contribution >= 0.6 is 0 Å². The summed E-state index contributed by atoms with van der Waals surface area (Å²) in [6.07, 6.45) is 5.68. The Hall–Kier alpha value is -1.85. The number of carbonyl (C=O) groups is 1. The summed E-state index contributed by atoms with van der Waals surface area (Å²) in [5.74, 6) is 0.224. The van der Waals surface area contributed by atoms with Crippen LogP contribution in [0.15, 0.2) is 0 Å². The molecule has 0 unspecified atom stereocenters. The number of ether oxygens (including phenoxy) is 1. The molecule has 0 atom stereocenters. The van der Waals surface area contributed by atoms with Gasteiger partial charge in [-0.3, -0.25) is 0 Å². The second-order valence-electron chi connectivity index (χ2n) is 5.42. The molecule has 1 aromatic heterocycles. The first-order valence-electron chi connectivity index (χ1n) is 7.15. The molecule has 1 N–H and O–H groups in total. The molecular formula is C14H19N3O3. The number of nitrogens with zero attached hydrogens (tertiary/aromatic N) is 3. The maximum absolute atomic E-state index is 11.3. The van der Waals surface area contributed by atoms with E-state index in [1.807, 2.05) is 0 Å². The topological polar surface area (TPSA) is 75.5 Å². The van der Waals surface area contributed by atoms with Gasteiger partial charge in [0.1, 0.15) is 0 Å². The Morgan fingerprint density at radius 2 is 1.95 bits per heavy atom. The lowest BCUT2D eigenvalue weighted by atomic mass is 10.1. The van der Waals surface area contributed by atoms with Crippen molar-refractivity contribution in [2.45, 2.75) is 38.0 Å². The van der Waals surface area contributed by atoms with Gasteiger partial charge in [-0.05, 0) is 32.1 Å². The standard InChI is InChI=1S/C14H19N3O3/c1-20-13-11(14(18)19)15-10(9-5-6-9)12(16-13)17-7-3-2-4-8-17/h9H,2-8H2,1H3,(H,18,19). The van der Waals surface area contributed by atoms with Crippen molar-refractivity contribution in [3.63, 3.8) is 0 Å². The second-order valence-corrected chi connectivity index (χ2v) is 5.42. The van der Waals surface area contributed by atoms with Crippen molar-refractivity contribution in [2.75, 3.05) is 25.1 Å². The number of carboxylic acids is 1. The van der Waals surface area contributed by atoms with E-state index in [1.165, 1.54) is 13.5 Å². The van der Waals surface area contributed by atoms with E-state index in [4.69, 9.17) is 4.74 Å². The molecule has 2 aliphatic rings. The zero-order valence-corrected chi connectivity index (χ0v) is 11.6. The van der Waals surface area contributed by atoms with Crippen molar-refractivity contribution in [1.82, 2.24) is 9.97 Å². The second kappa shape index (κ2) is 5.26. The number of hydrogen-bond donors (Lipinski definition) is 1. The number of methoxy groups -OCH3 is 1. The SMILES string of the molecule is COc1nc(N2CCCCC2)c(C2CC2)nc1C(=O)O. The highest BCUT2D eigenvalue weighted by Gasteiger charge is 2.33. The van der Waals surface area contributed by atoms with Gasteiger partial charge in [0, 0.05) is 19.0 Å². The normalized spacial score (nSPS) is 18.9. The van der Waals surface area contributed by atoms with Crippen LogP contribution in [0.25, 0.3) is 0 Å². The van der Waals surface area contributed by atoms with Crippen LogP contribution < -0.4 is 9.64 Å². The predicted molar refractivity (Wildman–Crippen MR) is 73.6 cm³/mol. The van der Waals surface area contributed by atoms with Crippen molar-refractivity contribution in [3.8, 4) is 5.88 Å². The lowest BCUT2D eigenvalue weighted by molar-refractivity contribution is 0.0685. The van der Waals surface area contributed by atoms with Gasteiger partial charge in [0.15, 0.2) is 5.82 Å². The lowest BCUT2D eigenvalue weighted by Gasteiger charge is -2.29. The molecule has 6 heteroatoms. The minimum Gasteiger partial charge on any atom is -0.479 e. The Morgan fingerprint density at radius 1 is 1.25 bits per heavy atom. The molecule has 1 aliphatic heterocycles. The summed E-state index contributed by atoms with van der Waals surface area (Å²) in [4.78, 5) is 22.3. The maximum Gasteiger partial charge on any atom is 0.360 e. The molecule has 6 nitrogen and oxygen atoms in total. The van der Waals surface area contributed by atoms with Crippen LogP contribution in [-0.2, 0) is 0 Å². The number of aromatic nitrogens is 2. The molecular weight excluding hydrogens is 258 g/mol. The first-order valence-corrected chi connectivity index (χ1v) is 7.15. The van der Waals surface area contributed by atoms with Crippen LogP contribution in [0.1, 0.15) is 54.2 Å². The van der Waals surface area contributed by atoms with Gasteiger partial charge in [0.2, 0.25) is 11.6 Å². The minimum atomic E-state index is -1.08. The first kappa shape index (κ1) is 13.1. The molecule has 3 rings (SSSR count). The largest absolute Gasteiger partial charge is 0.479 e. The fourth-order valence-electron chi connectivity index (χ4n) is 2.68. The Kier molecular flexibility index (Phi) is 3.46. The fourth-order valence-corrected chi connectivity index (χ4v) is 2.68. The van der Waals surface area contributed by atoms with Crippen LogP contribution in [0.4, 0.5) is 5.82 Å². The van der Waals surface area contributed by atoms with E-state index in [2.05, 4.69) is 14.9 Å². The third-order valence-electron chi connectivity index (χ3n) is 3.89. The third kappa shape index (κ3) is 2.42. The summed E-state index contributed by atoms with van der Waals surface area (Å²) in [6.45, 7) is 1.92. The number of rotatable bonds is 4. The van der Waals surface area contributed by atoms with E-state index in [0.29, 0.717) is 5.92 Å². The van der Waals surface area contributed by atoms with Gasteiger partial charge in [0.25, 0.3) is 0 Å². The molecule has 1 saturated carbocycles. The van der Waals surface area contributed by atoms with E-state index < -0.39 is 5.97 Å². The van der Waals surface area contributed by atoms with Crippen LogP contribution in [-0.4, -0.2) is 41.2 Å².